The Morgan fingerprint density at radius 2 is 1.31 bits per heavy atom. The molecule has 0 saturated heterocycles. The van der Waals surface area contributed by atoms with Gasteiger partial charge in [0.05, 0.1) is 46.5 Å². The van der Waals surface area contributed by atoms with E-state index in [1.165, 1.54) is 18.5 Å². The second-order valence-corrected chi connectivity index (χ2v) is 13.7. The van der Waals surface area contributed by atoms with Crippen molar-refractivity contribution in [2.24, 2.45) is 0 Å². The van der Waals surface area contributed by atoms with Crippen LogP contribution >= 0.6 is 11.6 Å². The van der Waals surface area contributed by atoms with E-state index in [9.17, 15) is 4.39 Å². The van der Waals surface area contributed by atoms with Gasteiger partial charge in [-0.2, -0.15) is 0 Å². The predicted molar refractivity (Wildman–Crippen MR) is 215 cm³/mol. The molecule has 4 N–H and O–H groups in total. The van der Waals surface area contributed by atoms with Crippen LogP contribution in [0.25, 0.3) is 57.3 Å². The number of aromatic amines is 2. The van der Waals surface area contributed by atoms with Crippen molar-refractivity contribution in [2.45, 2.75) is 37.8 Å². The van der Waals surface area contributed by atoms with Crippen LogP contribution in [0.1, 0.15) is 48.5 Å². The van der Waals surface area contributed by atoms with Crippen molar-refractivity contribution < 1.29 is 13.9 Å². The summed E-state index contributed by atoms with van der Waals surface area (Å²) in [5, 5.41) is 7.34. The van der Waals surface area contributed by atoms with Crippen LogP contribution in [0.5, 0.6) is 11.5 Å². The summed E-state index contributed by atoms with van der Waals surface area (Å²) < 4.78 is 25.3. The molecule has 6 aromatic rings. The first-order valence-corrected chi connectivity index (χ1v) is 18.2. The molecule has 2 aromatic carbocycles. The quantitative estimate of drug-likeness (QED) is 0.133. The number of H-pyrrole nitrogens is 2. The Bertz CT molecular complexity index is 2470. The number of hydrogen-bond acceptors (Lipinski definition) is 8. The number of ether oxygens (including phenoxy) is 2. The third-order valence-corrected chi connectivity index (χ3v) is 9.81. The molecular formula is C42H38ClFN8O2. The summed E-state index contributed by atoms with van der Waals surface area (Å²) in [6.07, 6.45) is 13.8. The summed E-state index contributed by atoms with van der Waals surface area (Å²) in [7, 11) is 3.62. The van der Waals surface area contributed by atoms with E-state index >= 15 is 0 Å². The number of benzene rings is 2. The van der Waals surface area contributed by atoms with Gasteiger partial charge in [0.15, 0.2) is 11.5 Å². The van der Waals surface area contributed by atoms with Crippen molar-refractivity contribution in [3.8, 4) is 11.5 Å². The first kappa shape index (κ1) is 35.0. The number of anilines is 2. The first-order valence-electron chi connectivity index (χ1n) is 17.8. The van der Waals surface area contributed by atoms with E-state index in [0.29, 0.717) is 34.6 Å². The normalized spacial score (nSPS) is 16.1. The monoisotopic (exact) mass is 740 g/mol. The van der Waals surface area contributed by atoms with Crippen molar-refractivity contribution in [3.05, 3.63) is 119 Å². The van der Waals surface area contributed by atoms with Gasteiger partial charge in [-0.05, 0) is 130 Å². The van der Waals surface area contributed by atoms with E-state index in [2.05, 4.69) is 70.9 Å². The molecule has 1 aliphatic carbocycles. The van der Waals surface area contributed by atoms with Crippen LogP contribution in [0.2, 0.25) is 5.02 Å². The molecule has 0 radical (unpaired) electrons. The zero-order valence-corrected chi connectivity index (χ0v) is 30.5. The number of aromatic nitrogens is 6. The second-order valence-electron chi connectivity index (χ2n) is 13.3. The molecule has 0 amide bonds. The average Bonchev–Trinajstić information content (AvgIpc) is 4.01. The lowest BCUT2D eigenvalue weighted by Crippen LogP contribution is -2.34. The zero-order valence-electron chi connectivity index (χ0n) is 29.7. The minimum atomic E-state index is -0.469. The highest BCUT2D eigenvalue weighted by Crippen LogP contribution is 2.37. The van der Waals surface area contributed by atoms with Gasteiger partial charge in [-0.15, -0.1) is 0 Å². The lowest BCUT2D eigenvalue weighted by molar-refractivity contribution is 0.137. The number of methoxy groups -OCH3 is 1. The molecule has 2 aliphatic heterocycles. The molecular weight excluding hydrogens is 703 g/mol. The predicted octanol–water partition coefficient (Wildman–Crippen LogP) is 9.74. The molecule has 9 rings (SSSR count). The second kappa shape index (κ2) is 15.5. The summed E-state index contributed by atoms with van der Waals surface area (Å²) in [5.41, 5.74) is 9.20. The van der Waals surface area contributed by atoms with Crippen LogP contribution in [0.3, 0.4) is 0 Å². The Morgan fingerprint density at radius 1 is 0.704 bits per heavy atom. The maximum Gasteiger partial charge on any atom is 0.162 e. The van der Waals surface area contributed by atoms with Crippen molar-refractivity contribution in [2.75, 3.05) is 19.5 Å². The molecule has 0 spiro atoms. The lowest BCUT2D eigenvalue weighted by atomic mass is 9.93. The average molecular weight is 741 g/mol. The molecule has 54 heavy (non-hydrogen) atoms. The number of nitrogens with zero attached hydrogens (tertiary/aromatic N) is 4. The molecule has 6 heterocycles. The Labute approximate surface area is 316 Å². The third-order valence-electron chi connectivity index (χ3n) is 9.52. The Balaban J connectivity index is 0.000000156. The van der Waals surface area contributed by atoms with Gasteiger partial charge >= 0.3 is 0 Å². The van der Waals surface area contributed by atoms with E-state index < -0.39 is 5.82 Å². The van der Waals surface area contributed by atoms with E-state index in [0.717, 1.165) is 75.9 Å². The highest BCUT2D eigenvalue weighted by molar-refractivity contribution is 6.31. The lowest BCUT2D eigenvalue weighted by Gasteiger charge is -2.29. The highest BCUT2D eigenvalue weighted by Gasteiger charge is 2.23. The molecule has 0 atom stereocenters. The van der Waals surface area contributed by atoms with Crippen molar-refractivity contribution in [1.29, 1.82) is 0 Å². The van der Waals surface area contributed by atoms with Crippen LogP contribution < -0.4 is 20.1 Å². The smallest absolute Gasteiger partial charge is 0.162 e. The Morgan fingerprint density at radius 3 is 1.91 bits per heavy atom. The van der Waals surface area contributed by atoms with Crippen LogP contribution in [-0.4, -0.2) is 56.2 Å². The molecule has 4 aromatic heterocycles. The fourth-order valence-electron chi connectivity index (χ4n) is 6.72. The number of nitrogens with one attached hydrogen (secondary N) is 4. The first-order chi connectivity index (χ1) is 26.4. The van der Waals surface area contributed by atoms with Gasteiger partial charge in [-0.25, -0.2) is 24.3 Å². The minimum Gasteiger partial charge on any atom is -0.493 e. The molecule has 1 saturated carbocycles. The number of hydrogen-bond donors (Lipinski definition) is 4. The minimum absolute atomic E-state index is 0.0428. The van der Waals surface area contributed by atoms with E-state index in [4.69, 9.17) is 21.1 Å². The summed E-state index contributed by atoms with van der Waals surface area (Å²) >= 11 is 5.90. The molecule has 12 heteroatoms. The molecule has 10 nitrogen and oxygen atoms in total. The molecule has 3 aliphatic rings. The summed E-state index contributed by atoms with van der Waals surface area (Å²) in [4.78, 5) is 24.7. The van der Waals surface area contributed by atoms with Crippen molar-refractivity contribution in [1.82, 2.24) is 35.2 Å². The van der Waals surface area contributed by atoms with Gasteiger partial charge in [0.2, 0.25) is 0 Å². The van der Waals surface area contributed by atoms with E-state index in [1.807, 2.05) is 61.7 Å². The van der Waals surface area contributed by atoms with E-state index in [1.54, 1.807) is 13.2 Å². The van der Waals surface area contributed by atoms with Crippen LogP contribution in [0, 0.1) is 5.82 Å². The molecule has 272 valence electrons. The topological polar surface area (TPSA) is 126 Å². The summed E-state index contributed by atoms with van der Waals surface area (Å²) in [6.45, 7) is 0. The largest absolute Gasteiger partial charge is 0.493 e. The maximum atomic E-state index is 13.5. The highest BCUT2D eigenvalue weighted by atomic mass is 35.5. The maximum absolute atomic E-state index is 13.5. The van der Waals surface area contributed by atoms with Gasteiger partial charge in [-0.3, -0.25) is 0 Å². The van der Waals surface area contributed by atoms with Crippen LogP contribution in [-0.2, 0) is 0 Å². The van der Waals surface area contributed by atoms with E-state index in [-0.39, 0.29) is 11.1 Å². The Kier molecular flexibility index (Phi) is 10.1. The van der Waals surface area contributed by atoms with Gasteiger partial charge < -0.3 is 30.1 Å². The van der Waals surface area contributed by atoms with Crippen LogP contribution in [0.15, 0.2) is 85.2 Å². The third kappa shape index (κ3) is 8.12. The molecule has 8 bridgehead atoms. The van der Waals surface area contributed by atoms with Crippen LogP contribution in [0.4, 0.5) is 15.9 Å². The Hall–Kier alpha value is -6.04. The number of halogens is 2. The van der Waals surface area contributed by atoms with Crippen molar-refractivity contribution >= 4 is 80.4 Å². The SMILES string of the molecule is C1=Cc2cc3ccc(cc4ccc(cc5nc(cc1n2)C=C5)[nH]4)[nH]3.CNC1CCC(Oc2cc3c(Nc4ccc(F)c(Cl)c4)ncnc3cc2OC)CC1. The van der Waals surface area contributed by atoms with Gasteiger partial charge in [-0.1, -0.05) is 11.6 Å². The number of fused-ring (bicyclic) bond motifs is 9. The summed E-state index contributed by atoms with van der Waals surface area (Å²) in [6, 6.07) is 25.1. The number of rotatable bonds is 6. The fourth-order valence-corrected chi connectivity index (χ4v) is 6.90. The van der Waals surface area contributed by atoms with Gasteiger partial charge in [0, 0.05) is 45.2 Å². The van der Waals surface area contributed by atoms with Gasteiger partial charge in [0.1, 0.15) is 18.0 Å². The summed E-state index contributed by atoms with van der Waals surface area (Å²) in [5.74, 6) is 1.40. The zero-order chi connectivity index (χ0) is 37.0. The molecule has 1 fully saturated rings. The van der Waals surface area contributed by atoms with Gasteiger partial charge in [0.25, 0.3) is 0 Å². The standard InChI is InChI=1S/C22H24ClFN4O2.C20H14N4/c1-25-13-3-6-15(7-4-13)30-21-10-16-19(11-20(21)29-2)26-12-27-22(16)28-14-5-8-18(24)17(23)9-14;1-2-14-10-16-5-6-18(23-16)12-20-8-7-19(24-20)11-17-4-3-15(22-17)9-13(1)21-14/h5,8-13,15,25H,3-4,6-7H2,1-2H3,(H,26,27,28);1-12,21-22H. The van der Waals surface area contributed by atoms with Crippen molar-refractivity contribution in [3.63, 3.8) is 0 Å². The molecule has 0 unspecified atom stereocenters. The fraction of sp³-hybridized carbons (Fsp3) is 0.190.